The first-order valence-electron chi connectivity index (χ1n) is 6.41. The second-order valence-corrected chi connectivity index (χ2v) is 6.73. The van der Waals surface area contributed by atoms with Gasteiger partial charge in [-0.25, -0.2) is 0 Å². The molecule has 0 saturated carbocycles. The van der Waals surface area contributed by atoms with Crippen LogP contribution in [0.5, 0.6) is 0 Å². The number of halogens is 1. The van der Waals surface area contributed by atoms with E-state index in [4.69, 9.17) is 20.8 Å². The molecule has 6 heteroatoms. The molecule has 0 spiro atoms. The first-order valence-corrected chi connectivity index (χ1v) is 8.18. The molecule has 4 nitrogen and oxygen atoms in total. The van der Waals surface area contributed by atoms with E-state index in [-0.39, 0.29) is 17.8 Å². The molecule has 1 atom stereocenters. The lowest BCUT2D eigenvalue weighted by Crippen LogP contribution is -2.29. The molecule has 3 rings (SSSR count). The van der Waals surface area contributed by atoms with E-state index in [9.17, 15) is 9.59 Å². The molecule has 0 radical (unpaired) electrons. The van der Waals surface area contributed by atoms with Gasteiger partial charge in [0.25, 0.3) is 4.90 Å². The van der Waals surface area contributed by atoms with Crippen LogP contribution in [0.1, 0.15) is 12.7 Å². The molecule has 1 aromatic carbocycles. The summed E-state index contributed by atoms with van der Waals surface area (Å²) in [6.07, 6.45) is 1.60. The Morgan fingerprint density at radius 3 is 2.95 bits per heavy atom. The summed E-state index contributed by atoms with van der Waals surface area (Å²) in [5.74, 6) is 0.641. The van der Waals surface area contributed by atoms with E-state index in [1.165, 1.54) is 0 Å². The van der Waals surface area contributed by atoms with Crippen LogP contribution in [0, 0.1) is 0 Å². The van der Waals surface area contributed by atoms with Gasteiger partial charge in [-0.1, -0.05) is 23.7 Å². The average Bonchev–Trinajstić information content (AvgIpc) is 2.46. The fourth-order valence-electron chi connectivity index (χ4n) is 2.20. The third kappa shape index (κ3) is 2.47. The monoisotopic (exact) mass is 323 g/mol. The van der Waals surface area contributed by atoms with Gasteiger partial charge in [0.15, 0.2) is 22.4 Å². The molecule has 0 fully saturated rings. The smallest absolute Gasteiger partial charge is 0.451 e. The van der Waals surface area contributed by atoms with Gasteiger partial charge in [-0.3, -0.25) is 4.79 Å². The molecule has 1 aliphatic rings. The van der Waals surface area contributed by atoms with Gasteiger partial charge in [0, 0.05) is 6.08 Å². The standard InChI is InChI=1S/C15H12ClO4S/c1-2-19-15(18)21-8-9(16)7-12-14(21)13(17)10-5-3-4-6-11(10)20-12/h3-7H,2,8H2,1H3/q+1. The quantitative estimate of drug-likeness (QED) is 0.595. The van der Waals surface area contributed by atoms with Crippen LogP contribution in [0.2, 0.25) is 0 Å². The van der Waals surface area contributed by atoms with Crippen LogP contribution in [0.4, 0.5) is 4.79 Å². The molecule has 2 heterocycles. The van der Waals surface area contributed by atoms with E-state index in [0.717, 1.165) is 0 Å². The van der Waals surface area contributed by atoms with E-state index in [2.05, 4.69) is 0 Å². The number of carbonyl (C=O) groups is 1. The Kier molecular flexibility index (Phi) is 3.78. The lowest BCUT2D eigenvalue weighted by atomic mass is 10.2. The molecule has 0 saturated heterocycles. The van der Waals surface area contributed by atoms with Gasteiger partial charge in [0.1, 0.15) is 5.58 Å². The number of rotatable bonds is 1. The van der Waals surface area contributed by atoms with Crippen molar-refractivity contribution >= 4 is 44.8 Å². The zero-order valence-electron chi connectivity index (χ0n) is 11.2. The highest BCUT2D eigenvalue weighted by Gasteiger charge is 2.43. The van der Waals surface area contributed by atoms with E-state index in [1.54, 1.807) is 37.3 Å². The highest BCUT2D eigenvalue weighted by molar-refractivity contribution is 8.10. The number of ether oxygens (including phenoxy) is 1. The summed E-state index contributed by atoms with van der Waals surface area (Å²) >= 11 is 6.09. The second kappa shape index (κ2) is 5.58. The predicted molar refractivity (Wildman–Crippen MR) is 83.8 cm³/mol. The summed E-state index contributed by atoms with van der Waals surface area (Å²) in [7, 11) is -1.03. The van der Waals surface area contributed by atoms with E-state index >= 15 is 0 Å². The molecule has 0 aliphatic carbocycles. The van der Waals surface area contributed by atoms with E-state index in [1.807, 2.05) is 0 Å². The van der Waals surface area contributed by atoms with Crippen molar-refractivity contribution < 1.29 is 13.9 Å². The SMILES string of the molecule is CCOC(=O)[S+]1CC(Cl)=Cc2oc3ccccc3c(=O)c21. The Balaban J connectivity index is 2.26. The normalized spacial score (nSPS) is 17.2. The van der Waals surface area contributed by atoms with Crippen molar-refractivity contribution in [3.63, 3.8) is 0 Å². The van der Waals surface area contributed by atoms with Gasteiger partial charge in [0.05, 0.1) is 17.0 Å². The third-order valence-electron chi connectivity index (χ3n) is 3.06. The van der Waals surface area contributed by atoms with Gasteiger partial charge in [-0.15, -0.1) is 0 Å². The van der Waals surface area contributed by atoms with Crippen molar-refractivity contribution in [1.29, 1.82) is 0 Å². The Morgan fingerprint density at radius 2 is 2.19 bits per heavy atom. The fourth-order valence-corrected chi connectivity index (χ4v) is 4.35. The van der Waals surface area contributed by atoms with Crippen LogP contribution >= 0.6 is 11.6 Å². The predicted octanol–water partition coefficient (Wildman–Crippen LogP) is 3.52. The summed E-state index contributed by atoms with van der Waals surface area (Å²) in [5.41, 5.74) is 0.292. The first kappa shape index (κ1) is 14.2. The molecule has 0 bridgehead atoms. The Hall–Kier alpha value is -1.72. The number of para-hydroxylation sites is 1. The number of carbonyl (C=O) groups excluding carboxylic acids is 1. The number of hydrogen-bond acceptors (Lipinski definition) is 4. The largest absolute Gasteiger partial charge is 0.531 e. The van der Waals surface area contributed by atoms with Gasteiger partial charge in [-0.05, 0) is 19.1 Å². The van der Waals surface area contributed by atoms with Gasteiger partial charge in [-0.2, -0.15) is 4.79 Å². The molecule has 1 aromatic heterocycles. The average molecular weight is 324 g/mol. The summed E-state index contributed by atoms with van der Waals surface area (Å²) < 4.78 is 10.8. The van der Waals surface area contributed by atoms with E-state index < -0.39 is 16.2 Å². The molecular weight excluding hydrogens is 312 g/mol. The van der Waals surface area contributed by atoms with Crippen molar-refractivity contribution in [3.8, 4) is 0 Å². The summed E-state index contributed by atoms with van der Waals surface area (Å²) in [6.45, 7) is 1.99. The summed E-state index contributed by atoms with van der Waals surface area (Å²) in [4.78, 5) is 25.1. The molecule has 108 valence electrons. The molecule has 1 aliphatic heterocycles. The van der Waals surface area contributed by atoms with Gasteiger partial charge in [0.2, 0.25) is 5.43 Å². The second-order valence-electron chi connectivity index (χ2n) is 4.43. The first-order chi connectivity index (χ1) is 10.1. The van der Waals surface area contributed by atoms with Crippen molar-refractivity contribution in [2.24, 2.45) is 0 Å². The molecule has 0 N–H and O–H groups in total. The maximum Gasteiger partial charge on any atom is 0.531 e. The molecular formula is C15H12ClO4S+. The summed E-state index contributed by atoms with van der Waals surface area (Å²) in [5, 5.41) is 0.523. The zero-order chi connectivity index (χ0) is 15.0. The highest BCUT2D eigenvalue weighted by atomic mass is 35.5. The maximum atomic E-state index is 12.7. The van der Waals surface area contributed by atoms with E-state index in [0.29, 0.717) is 26.7 Å². The van der Waals surface area contributed by atoms with Crippen LogP contribution in [0.3, 0.4) is 0 Å². The van der Waals surface area contributed by atoms with Gasteiger partial charge < -0.3 is 9.15 Å². The molecule has 0 amide bonds. The minimum absolute atomic E-state index is 0.191. The minimum Gasteiger partial charge on any atom is -0.451 e. The lowest BCUT2D eigenvalue weighted by Gasteiger charge is -2.12. The molecule has 2 aromatic rings. The number of fused-ring (bicyclic) bond motifs is 2. The number of benzene rings is 1. The van der Waals surface area contributed by atoms with Crippen LogP contribution in [0.15, 0.2) is 43.4 Å². The lowest BCUT2D eigenvalue weighted by molar-refractivity contribution is 0.180. The third-order valence-corrected chi connectivity index (χ3v) is 5.46. The van der Waals surface area contributed by atoms with Crippen LogP contribution in [-0.4, -0.2) is 17.7 Å². The van der Waals surface area contributed by atoms with Crippen molar-refractivity contribution in [2.75, 3.05) is 12.4 Å². The van der Waals surface area contributed by atoms with Crippen LogP contribution in [0.25, 0.3) is 17.0 Å². The highest BCUT2D eigenvalue weighted by Crippen LogP contribution is 2.31. The van der Waals surface area contributed by atoms with Crippen LogP contribution in [-0.2, 0) is 15.6 Å². The Labute approximate surface area is 128 Å². The number of hydrogen-bond donors (Lipinski definition) is 0. The van der Waals surface area contributed by atoms with Crippen molar-refractivity contribution in [3.05, 3.63) is 45.3 Å². The molecule has 1 unspecified atom stereocenters. The van der Waals surface area contributed by atoms with Gasteiger partial charge >= 0.3 is 5.30 Å². The van der Waals surface area contributed by atoms with Crippen molar-refractivity contribution in [2.45, 2.75) is 11.8 Å². The zero-order valence-corrected chi connectivity index (χ0v) is 12.8. The van der Waals surface area contributed by atoms with Crippen molar-refractivity contribution in [1.82, 2.24) is 0 Å². The Morgan fingerprint density at radius 1 is 1.43 bits per heavy atom. The minimum atomic E-state index is -1.03. The maximum absolute atomic E-state index is 12.7. The Bertz CT molecular complexity index is 809. The summed E-state index contributed by atoms with van der Waals surface area (Å²) in [6, 6.07) is 6.96. The molecule has 21 heavy (non-hydrogen) atoms. The fraction of sp³-hybridized carbons (Fsp3) is 0.200. The topological polar surface area (TPSA) is 56.5 Å². The van der Waals surface area contributed by atoms with Crippen LogP contribution < -0.4 is 5.43 Å².